The summed E-state index contributed by atoms with van der Waals surface area (Å²) >= 11 is 3.26. The van der Waals surface area contributed by atoms with Crippen LogP contribution in [0.15, 0.2) is 21.2 Å². The van der Waals surface area contributed by atoms with E-state index in [1.165, 1.54) is 0 Å². The average molecular weight is 359 g/mol. The van der Waals surface area contributed by atoms with E-state index in [-0.39, 0.29) is 17.4 Å². The summed E-state index contributed by atoms with van der Waals surface area (Å²) in [6, 6.07) is 3.65. The lowest BCUT2D eigenvalue weighted by Crippen LogP contribution is -2.75. The van der Waals surface area contributed by atoms with Crippen molar-refractivity contribution in [2.24, 2.45) is 11.1 Å². The van der Waals surface area contributed by atoms with Crippen LogP contribution in [0.5, 0.6) is 0 Å². The van der Waals surface area contributed by atoms with Gasteiger partial charge in [0.15, 0.2) is 4.67 Å². The predicted octanol–water partition coefficient (Wildman–Crippen LogP) is 2.53. The highest BCUT2D eigenvalue weighted by Crippen LogP contribution is 2.50. The number of halogens is 1. The molecular weight excluding hydrogens is 336 g/mol. The average Bonchev–Trinajstić information content (AvgIpc) is 2.82. The molecule has 0 saturated heterocycles. The Kier molecular flexibility index (Phi) is 4.52. The number of ether oxygens (including phenoxy) is 1. The molecule has 1 amide bonds. The summed E-state index contributed by atoms with van der Waals surface area (Å²) in [5.74, 6) is 0.649. The maximum absolute atomic E-state index is 12.7. The monoisotopic (exact) mass is 358 g/mol. The van der Waals surface area contributed by atoms with Crippen LogP contribution in [-0.2, 0) is 16.1 Å². The molecule has 0 spiro atoms. The molecule has 1 aliphatic rings. The van der Waals surface area contributed by atoms with E-state index in [0.717, 1.165) is 5.76 Å². The minimum atomic E-state index is -0.884. The zero-order valence-electron chi connectivity index (χ0n) is 13.0. The normalized spacial score (nSPS) is 27.2. The maximum atomic E-state index is 12.7. The SMILES string of the molecule is CCOC1CC(N)(C(=O)N(C)Cc2ccc(Br)o2)C1(C)C. The molecule has 1 aromatic heterocycles. The van der Waals surface area contributed by atoms with Gasteiger partial charge < -0.3 is 19.8 Å². The van der Waals surface area contributed by atoms with E-state index in [0.29, 0.717) is 24.2 Å². The molecule has 0 aliphatic heterocycles. The van der Waals surface area contributed by atoms with Crippen molar-refractivity contribution < 1.29 is 13.9 Å². The summed E-state index contributed by atoms with van der Waals surface area (Å²) in [7, 11) is 1.75. The fourth-order valence-electron chi connectivity index (χ4n) is 2.88. The number of furan rings is 1. The number of hydrogen-bond donors (Lipinski definition) is 1. The minimum Gasteiger partial charge on any atom is -0.452 e. The molecule has 1 heterocycles. The van der Waals surface area contributed by atoms with Gasteiger partial charge in [0.1, 0.15) is 11.3 Å². The van der Waals surface area contributed by atoms with E-state index in [1.54, 1.807) is 11.9 Å². The molecule has 1 fully saturated rings. The first-order valence-electron chi connectivity index (χ1n) is 7.12. The van der Waals surface area contributed by atoms with Crippen LogP contribution in [0.3, 0.4) is 0 Å². The van der Waals surface area contributed by atoms with Crippen molar-refractivity contribution in [1.29, 1.82) is 0 Å². The van der Waals surface area contributed by atoms with Crippen LogP contribution < -0.4 is 5.73 Å². The van der Waals surface area contributed by atoms with Gasteiger partial charge in [-0.25, -0.2) is 0 Å². The zero-order chi connectivity index (χ0) is 15.8. The molecule has 2 rings (SSSR count). The van der Waals surface area contributed by atoms with Crippen molar-refractivity contribution in [3.8, 4) is 0 Å². The molecule has 2 unspecified atom stereocenters. The molecular formula is C15H23BrN2O3. The molecule has 1 aliphatic carbocycles. The number of amides is 1. The Balaban J connectivity index is 2.05. The van der Waals surface area contributed by atoms with Gasteiger partial charge in [0, 0.05) is 25.5 Å². The Morgan fingerprint density at radius 1 is 1.57 bits per heavy atom. The van der Waals surface area contributed by atoms with E-state index in [1.807, 2.05) is 32.9 Å². The van der Waals surface area contributed by atoms with E-state index in [4.69, 9.17) is 14.9 Å². The Hall–Kier alpha value is -0.850. The minimum absolute atomic E-state index is 0.0302. The molecule has 6 heteroatoms. The first-order chi connectivity index (χ1) is 9.72. The van der Waals surface area contributed by atoms with Crippen LogP contribution in [0.25, 0.3) is 0 Å². The number of likely N-dealkylation sites (N-methyl/N-ethyl adjacent to an activating group) is 1. The second-order valence-corrected chi connectivity index (χ2v) is 6.99. The molecule has 5 nitrogen and oxygen atoms in total. The van der Waals surface area contributed by atoms with Gasteiger partial charge in [0.25, 0.3) is 0 Å². The van der Waals surface area contributed by atoms with Gasteiger partial charge >= 0.3 is 0 Å². The standard InChI is InChI=1S/C15H23BrN2O3/c1-5-20-11-8-15(17,14(11,2)3)13(19)18(4)9-10-6-7-12(16)21-10/h6-7,11H,5,8-9,17H2,1-4H3. The lowest BCUT2D eigenvalue weighted by Gasteiger charge is -2.58. The van der Waals surface area contributed by atoms with Gasteiger partial charge in [0.05, 0.1) is 12.6 Å². The van der Waals surface area contributed by atoms with Crippen LogP contribution in [0.1, 0.15) is 33.0 Å². The number of nitrogens with two attached hydrogens (primary N) is 1. The number of nitrogens with zero attached hydrogens (tertiary/aromatic N) is 1. The van der Waals surface area contributed by atoms with Crippen molar-refractivity contribution in [3.63, 3.8) is 0 Å². The fourth-order valence-corrected chi connectivity index (χ4v) is 3.22. The summed E-state index contributed by atoms with van der Waals surface area (Å²) in [5, 5.41) is 0. The van der Waals surface area contributed by atoms with Gasteiger partial charge in [-0.05, 0) is 35.0 Å². The van der Waals surface area contributed by atoms with Crippen LogP contribution in [0.4, 0.5) is 0 Å². The quantitative estimate of drug-likeness (QED) is 0.877. The Morgan fingerprint density at radius 3 is 2.71 bits per heavy atom. The fraction of sp³-hybridized carbons (Fsp3) is 0.667. The van der Waals surface area contributed by atoms with E-state index in [9.17, 15) is 4.79 Å². The molecule has 1 saturated carbocycles. The molecule has 2 atom stereocenters. The van der Waals surface area contributed by atoms with Gasteiger partial charge in [-0.3, -0.25) is 4.79 Å². The third-order valence-electron chi connectivity index (χ3n) is 4.58. The Labute approximate surface area is 133 Å². The van der Waals surface area contributed by atoms with Gasteiger partial charge in [0.2, 0.25) is 5.91 Å². The third kappa shape index (κ3) is 2.76. The van der Waals surface area contributed by atoms with Crippen molar-refractivity contribution in [2.45, 2.75) is 45.4 Å². The lowest BCUT2D eigenvalue weighted by molar-refractivity contribution is -0.178. The molecule has 2 N–H and O–H groups in total. The van der Waals surface area contributed by atoms with Gasteiger partial charge in [-0.15, -0.1) is 0 Å². The molecule has 0 radical (unpaired) electrons. The molecule has 118 valence electrons. The number of hydrogen-bond acceptors (Lipinski definition) is 4. The highest BCUT2D eigenvalue weighted by Gasteiger charge is 2.63. The summed E-state index contributed by atoms with van der Waals surface area (Å²) < 4.78 is 11.8. The summed E-state index contributed by atoms with van der Waals surface area (Å²) in [4.78, 5) is 14.3. The maximum Gasteiger partial charge on any atom is 0.243 e. The lowest BCUT2D eigenvalue weighted by atomic mass is 9.54. The van der Waals surface area contributed by atoms with Gasteiger partial charge in [-0.2, -0.15) is 0 Å². The van der Waals surface area contributed by atoms with Crippen LogP contribution in [-0.4, -0.2) is 36.1 Å². The van der Waals surface area contributed by atoms with Crippen molar-refractivity contribution >= 4 is 21.8 Å². The van der Waals surface area contributed by atoms with E-state index in [2.05, 4.69) is 15.9 Å². The zero-order valence-corrected chi connectivity index (χ0v) is 14.6. The van der Waals surface area contributed by atoms with Crippen LogP contribution in [0.2, 0.25) is 0 Å². The molecule has 21 heavy (non-hydrogen) atoms. The highest BCUT2D eigenvalue weighted by molar-refractivity contribution is 9.10. The summed E-state index contributed by atoms with van der Waals surface area (Å²) in [6.45, 7) is 6.97. The third-order valence-corrected chi connectivity index (χ3v) is 5.01. The van der Waals surface area contributed by atoms with Crippen LogP contribution in [0, 0.1) is 5.41 Å². The van der Waals surface area contributed by atoms with Gasteiger partial charge in [-0.1, -0.05) is 13.8 Å². The number of rotatable bonds is 5. The molecule has 0 aromatic carbocycles. The first-order valence-corrected chi connectivity index (χ1v) is 7.92. The first kappa shape index (κ1) is 16.5. The van der Waals surface area contributed by atoms with E-state index < -0.39 is 5.54 Å². The van der Waals surface area contributed by atoms with Crippen LogP contribution >= 0.6 is 15.9 Å². The largest absolute Gasteiger partial charge is 0.452 e. The number of carbonyl (C=O) groups excluding carboxylic acids is 1. The summed E-state index contributed by atoms with van der Waals surface area (Å²) in [6.07, 6.45) is 0.585. The predicted molar refractivity (Wildman–Crippen MR) is 83.6 cm³/mol. The van der Waals surface area contributed by atoms with Crippen molar-refractivity contribution in [3.05, 3.63) is 22.6 Å². The van der Waals surface area contributed by atoms with Crippen molar-refractivity contribution in [1.82, 2.24) is 4.90 Å². The molecule has 0 bridgehead atoms. The molecule has 1 aromatic rings. The highest BCUT2D eigenvalue weighted by atomic mass is 79.9. The topological polar surface area (TPSA) is 68.7 Å². The second-order valence-electron chi connectivity index (χ2n) is 6.21. The smallest absolute Gasteiger partial charge is 0.243 e. The summed E-state index contributed by atoms with van der Waals surface area (Å²) in [5.41, 5.74) is 5.13. The van der Waals surface area contributed by atoms with E-state index >= 15 is 0 Å². The second kappa shape index (κ2) is 5.74. The Morgan fingerprint density at radius 2 is 2.24 bits per heavy atom. The number of carbonyl (C=O) groups is 1. The Bertz CT molecular complexity index is 529. The van der Waals surface area contributed by atoms with Crippen molar-refractivity contribution in [2.75, 3.05) is 13.7 Å².